The second-order valence-corrected chi connectivity index (χ2v) is 7.80. The van der Waals surface area contributed by atoms with Crippen molar-refractivity contribution in [3.63, 3.8) is 0 Å². The van der Waals surface area contributed by atoms with Crippen molar-refractivity contribution in [2.75, 3.05) is 38.5 Å². The Labute approximate surface area is 154 Å². The van der Waals surface area contributed by atoms with Crippen LogP contribution in [0.1, 0.15) is 9.67 Å². The number of carbonyl (C=O) groups is 2. The maximum atomic E-state index is 12.9. The number of thiophene rings is 1. The minimum Gasteiger partial charge on any atom is -0.339 e. The van der Waals surface area contributed by atoms with Gasteiger partial charge in [0.05, 0.1) is 17.2 Å². The van der Waals surface area contributed by atoms with Crippen molar-refractivity contribution in [1.29, 1.82) is 0 Å². The van der Waals surface area contributed by atoms with Crippen molar-refractivity contribution in [3.8, 4) is 0 Å². The molecule has 3 rings (SSSR count). The molecule has 2 aromatic rings. The molecule has 0 saturated carbocycles. The molecule has 0 N–H and O–H groups in total. The number of carbonyl (C=O) groups excluding carboxylic acids is 2. The summed E-state index contributed by atoms with van der Waals surface area (Å²) in [5, 5.41) is 1.91. The zero-order valence-electron chi connectivity index (χ0n) is 13.7. The zero-order chi connectivity index (χ0) is 17.6. The van der Waals surface area contributed by atoms with Crippen LogP contribution in [0.25, 0.3) is 0 Å². The summed E-state index contributed by atoms with van der Waals surface area (Å²) in [6, 6.07) is 9.89. The molecule has 1 saturated heterocycles. The number of Topliss-reactive ketones (excluding diaryl/α,β-unsaturated/α-hetero) is 1. The summed E-state index contributed by atoms with van der Waals surface area (Å²) >= 11 is 2.88. The van der Waals surface area contributed by atoms with Crippen molar-refractivity contribution < 1.29 is 14.0 Å². The monoisotopic (exact) mass is 378 g/mol. The average molecular weight is 378 g/mol. The lowest BCUT2D eigenvalue weighted by atomic mass is 10.2. The predicted molar refractivity (Wildman–Crippen MR) is 98.8 cm³/mol. The fourth-order valence-electron chi connectivity index (χ4n) is 2.64. The summed E-state index contributed by atoms with van der Waals surface area (Å²) in [5.74, 6) is 0.295. The Bertz CT molecular complexity index is 711. The van der Waals surface area contributed by atoms with Crippen molar-refractivity contribution in [1.82, 2.24) is 9.80 Å². The highest BCUT2D eigenvalue weighted by molar-refractivity contribution is 8.00. The number of rotatable bonds is 6. The molecule has 1 aliphatic heterocycles. The van der Waals surface area contributed by atoms with E-state index in [2.05, 4.69) is 4.90 Å². The first-order valence-electron chi connectivity index (χ1n) is 8.07. The first-order chi connectivity index (χ1) is 12.1. The van der Waals surface area contributed by atoms with E-state index in [0.717, 1.165) is 9.77 Å². The van der Waals surface area contributed by atoms with Crippen molar-refractivity contribution >= 4 is 34.8 Å². The number of hydrogen-bond donors (Lipinski definition) is 0. The quantitative estimate of drug-likeness (QED) is 0.572. The molecular weight excluding hydrogens is 359 g/mol. The van der Waals surface area contributed by atoms with E-state index in [0.29, 0.717) is 38.5 Å². The molecule has 7 heteroatoms. The summed E-state index contributed by atoms with van der Waals surface area (Å²) in [4.78, 5) is 30.0. The van der Waals surface area contributed by atoms with Crippen LogP contribution in [0.5, 0.6) is 0 Å². The van der Waals surface area contributed by atoms with Crippen LogP contribution in [0.15, 0.2) is 46.7 Å². The maximum Gasteiger partial charge on any atom is 0.233 e. The van der Waals surface area contributed by atoms with Crippen LogP contribution < -0.4 is 0 Å². The van der Waals surface area contributed by atoms with E-state index in [9.17, 15) is 14.0 Å². The molecule has 0 atom stereocenters. The van der Waals surface area contributed by atoms with Gasteiger partial charge in [-0.3, -0.25) is 14.5 Å². The Morgan fingerprint density at radius 3 is 2.44 bits per heavy atom. The van der Waals surface area contributed by atoms with Crippen LogP contribution in [0.4, 0.5) is 4.39 Å². The highest BCUT2D eigenvalue weighted by Gasteiger charge is 2.22. The van der Waals surface area contributed by atoms with Crippen LogP contribution in [0, 0.1) is 5.82 Å². The lowest BCUT2D eigenvalue weighted by Gasteiger charge is -2.34. The molecule has 1 fully saturated rings. The Hall–Kier alpha value is -1.70. The number of halogens is 1. The SMILES string of the molecule is O=C(CN1CCN(C(=O)CSc2ccc(F)cc2)CC1)c1cccs1. The van der Waals surface area contributed by atoms with Gasteiger partial charge in [-0.25, -0.2) is 4.39 Å². The first kappa shape index (κ1) is 18.1. The van der Waals surface area contributed by atoms with Gasteiger partial charge in [0.25, 0.3) is 0 Å². The van der Waals surface area contributed by atoms with E-state index in [4.69, 9.17) is 0 Å². The Kier molecular flexibility index (Phi) is 6.23. The number of amides is 1. The molecule has 4 nitrogen and oxygen atoms in total. The molecular formula is C18H19FN2O2S2. The fourth-order valence-corrected chi connectivity index (χ4v) is 4.10. The third kappa shape index (κ3) is 5.14. The van der Waals surface area contributed by atoms with Gasteiger partial charge in [0.15, 0.2) is 5.78 Å². The number of hydrogen-bond acceptors (Lipinski definition) is 5. The van der Waals surface area contributed by atoms with Crippen LogP contribution >= 0.6 is 23.1 Å². The topological polar surface area (TPSA) is 40.6 Å². The number of ketones is 1. The second-order valence-electron chi connectivity index (χ2n) is 5.80. The largest absolute Gasteiger partial charge is 0.339 e. The van der Waals surface area contributed by atoms with Gasteiger partial charge in [0.1, 0.15) is 5.82 Å². The molecule has 0 radical (unpaired) electrons. The minimum atomic E-state index is -0.274. The van der Waals surface area contributed by atoms with Crippen LogP contribution in [-0.4, -0.2) is 60.0 Å². The van der Waals surface area contributed by atoms with Gasteiger partial charge in [-0.05, 0) is 35.7 Å². The lowest BCUT2D eigenvalue weighted by Crippen LogP contribution is -2.50. The van der Waals surface area contributed by atoms with Crippen LogP contribution in [0.3, 0.4) is 0 Å². The summed E-state index contributed by atoms with van der Waals surface area (Å²) in [5.41, 5.74) is 0. The van der Waals surface area contributed by atoms with Gasteiger partial charge in [-0.15, -0.1) is 23.1 Å². The molecule has 25 heavy (non-hydrogen) atoms. The highest BCUT2D eigenvalue weighted by Crippen LogP contribution is 2.19. The van der Waals surface area contributed by atoms with E-state index in [1.54, 1.807) is 12.1 Å². The summed E-state index contributed by atoms with van der Waals surface area (Å²) in [7, 11) is 0. The molecule has 132 valence electrons. The fraction of sp³-hybridized carbons (Fsp3) is 0.333. The third-order valence-electron chi connectivity index (χ3n) is 4.06. The average Bonchev–Trinajstić information content (AvgIpc) is 3.16. The molecule has 0 unspecified atom stereocenters. The molecule has 1 aliphatic rings. The van der Waals surface area contributed by atoms with Gasteiger partial charge in [-0.1, -0.05) is 6.07 Å². The number of benzene rings is 1. The van der Waals surface area contributed by atoms with Gasteiger partial charge in [-0.2, -0.15) is 0 Å². The Balaban J connectivity index is 1.41. The molecule has 0 spiro atoms. The van der Waals surface area contributed by atoms with E-state index in [1.165, 1.54) is 35.2 Å². The maximum absolute atomic E-state index is 12.9. The van der Waals surface area contributed by atoms with Crippen LogP contribution in [0.2, 0.25) is 0 Å². The smallest absolute Gasteiger partial charge is 0.233 e. The Morgan fingerprint density at radius 1 is 1.08 bits per heavy atom. The molecule has 0 aliphatic carbocycles. The first-order valence-corrected chi connectivity index (χ1v) is 9.93. The molecule has 2 heterocycles. The van der Waals surface area contributed by atoms with Gasteiger partial charge in [0.2, 0.25) is 5.91 Å². The molecule has 1 aromatic carbocycles. The summed E-state index contributed by atoms with van der Waals surface area (Å²) < 4.78 is 12.9. The lowest BCUT2D eigenvalue weighted by molar-refractivity contribution is -0.129. The molecule has 1 aromatic heterocycles. The van der Waals surface area contributed by atoms with E-state index >= 15 is 0 Å². The Morgan fingerprint density at radius 2 is 1.80 bits per heavy atom. The standard InChI is InChI=1S/C18H19FN2O2S2/c19-14-3-5-15(6-4-14)25-13-18(23)21-9-7-20(8-10-21)12-16(22)17-2-1-11-24-17/h1-6,11H,7-10,12-13H2. The van der Waals surface area contributed by atoms with E-state index in [-0.39, 0.29) is 17.5 Å². The normalized spacial score (nSPS) is 15.3. The summed E-state index contributed by atoms with van der Waals surface area (Å²) in [6.07, 6.45) is 0. The summed E-state index contributed by atoms with van der Waals surface area (Å²) in [6.45, 7) is 3.11. The molecule has 0 bridgehead atoms. The predicted octanol–water partition coefficient (Wildman–Crippen LogP) is 3.01. The third-order valence-corrected chi connectivity index (χ3v) is 5.97. The number of thioether (sulfide) groups is 1. The zero-order valence-corrected chi connectivity index (χ0v) is 15.3. The molecule has 1 amide bonds. The number of nitrogens with zero attached hydrogens (tertiary/aromatic N) is 2. The van der Waals surface area contributed by atoms with Gasteiger partial charge in [0, 0.05) is 31.1 Å². The van der Waals surface area contributed by atoms with Crippen molar-refractivity contribution in [3.05, 3.63) is 52.5 Å². The number of piperazine rings is 1. The van der Waals surface area contributed by atoms with Crippen LogP contribution in [-0.2, 0) is 4.79 Å². The second kappa shape index (κ2) is 8.60. The minimum absolute atomic E-state index is 0.0820. The van der Waals surface area contributed by atoms with Gasteiger partial charge >= 0.3 is 0 Å². The van der Waals surface area contributed by atoms with Crippen molar-refractivity contribution in [2.24, 2.45) is 0 Å². The van der Waals surface area contributed by atoms with E-state index in [1.807, 2.05) is 22.4 Å². The van der Waals surface area contributed by atoms with Crippen molar-refractivity contribution in [2.45, 2.75) is 4.90 Å². The van der Waals surface area contributed by atoms with Gasteiger partial charge < -0.3 is 4.90 Å². The highest BCUT2D eigenvalue weighted by atomic mass is 32.2. The van der Waals surface area contributed by atoms with E-state index < -0.39 is 0 Å².